The number of hydrogen-bond donors (Lipinski definition) is 2. The van der Waals surface area contributed by atoms with Crippen LogP contribution in [0.25, 0.3) is 0 Å². The molecule has 2 heterocycles. The zero-order chi connectivity index (χ0) is 12.1. The van der Waals surface area contributed by atoms with Crippen molar-refractivity contribution in [1.82, 2.24) is 25.4 Å². The molecule has 0 aromatic carbocycles. The maximum Gasteiger partial charge on any atom is 0.271 e. The first-order valence-electron chi connectivity index (χ1n) is 4.83. The molecule has 0 radical (unpaired) electrons. The van der Waals surface area contributed by atoms with Crippen LogP contribution in [0.5, 0.6) is 0 Å². The van der Waals surface area contributed by atoms with Crippen molar-refractivity contribution >= 4 is 11.7 Å². The summed E-state index contributed by atoms with van der Waals surface area (Å²) < 4.78 is 4.54. The van der Waals surface area contributed by atoms with Crippen molar-refractivity contribution in [2.24, 2.45) is 0 Å². The summed E-state index contributed by atoms with van der Waals surface area (Å²) in [6.45, 7) is 0.181. The third-order valence-electron chi connectivity index (χ3n) is 1.94. The SMILES string of the molecule is CNc1cncc(C(=O)NCc2ncon2)n1. The van der Waals surface area contributed by atoms with Gasteiger partial charge in [-0.1, -0.05) is 5.16 Å². The Hall–Kier alpha value is -2.51. The van der Waals surface area contributed by atoms with E-state index < -0.39 is 0 Å². The number of rotatable bonds is 4. The van der Waals surface area contributed by atoms with Crippen LogP contribution in [0.4, 0.5) is 5.82 Å². The van der Waals surface area contributed by atoms with Crippen molar-refractivity contribution in [3.05, 3.63) is 30.3 Å². The highest BCUT2D eigenvalue weighted by molar-refractivity contribution is 5.92. The second-order valence-corrected chi connectivity index (χ2v) is 3.07. The topological polar surface area (TPSA) is 106 Å². The highest BCUT2D eigenvalue weighted by Gasteiger charge is 2.09. The third-order valence-corrected chi connectivity index (χ3v) is 1.94. The molecule has 0 saturated carbocycles. The largest absolute Gasteiger partial charge is 0.372 e. The van der Waals surface area contributed by atoms with E-state index in [0.717, 1.165) is 0 Å². The Labute approximate surface area is 96.5 Å². The van der Waals surface area contributed by atoms with E-state index in [2.05, 4.69) is 35.3 Å². The number of aromatic nitrogens is 4. The van der Waals surface area contributed by atoms with E-state index >= 15 is 0 Å². The molecule has 0 aliphatic rings. The van der Waals surface area contributed by atoms with Gasteiger partial charge in [0.2, 0.25) is 6.39 Å². The monoisotopic (exact) mass is 234 g/mol. The number of carbonyl (C=O) groups is 1. The van der Waals surface area contributed by atoms with E-state index in [0.29, 0.717) is 11.6 Å². The molecule has 0 unspecified atom stereocenters. The molecular formula is C9H10N6O2. The van der Waals surface area contributed by atoms with Crippen LogP contribution in [0.1, 0.15) is 16.3 Å². The Balaban J connectivity index is 1.99. The van der Waals surface area contributed by atoms with Crippen LogP contribution < -0.4 is 10.6 Å². The van der Waals surface area contributed by atoms with Crippen LogP contribution in [0.2, 0.25) is 0 Å². The standard InChI is InChI=1S/C9H10N6O2/c1-10-7-3-11-2-6(14-7)9(16)12-4-8-13-5-17-15-8/h2-3,5H,4H2,1H3,(H,10,14)(H,12,16). The summed E-state index contributed by atoms with van der Waals surface area (Å²) >= 11 is 0. The van der Waals surface area contributed by atoms with Gasteiger partial charge in [0.25, 0.3) is 5.91 Å². The van der Waals surface area contributed by atoms with E-state index in [4.69, 9.17) is 0 Å². The number of hydrogen-bond acceptors (Lipinski definition) is 7. The maximum absolute atomic E-state index is 11.7. The smallest absolute Gasteiger partial charge is 0.271 e. The zero-order valence-corrected chi connectivity index (χ0v) is 9.04. The molecule has 17 heavy (non-hydrogen) atoms. The van der Waals surface area contributed by atoms with E-state index in [1.165, 1.54) is 18.8 Å². The van der Waals surface area contributed by atoms with E-state index in [1.54, 1.807) is 7.05 Å². The first-order valence-corrected chi connectivity index (χ1v) is 4.83. The molecule has 2 aromatic rings. The van der Waals surface area contributed by atoms with E-state index in [1.807, 2.05) is 0 Å². The highest BCUT2D eigenvalue weighted by atomic mass is 16.5. The van der Waals surface area contributed by atoms with Crippen molar-refractivity contribution in [3.8, 4) is 0 Å². The van der Waals surface area contributed by atoms with E-state index in [9.17, 15) is 4.79 Å². The minimum absolute atomic E-state index is 0.181. The first kappa shape index (κ1) is 11.0. The van der Waals surface area contributed by atoms with Crippen molar-refractivity contribution in [3.63, 3.8) is 0 Å². The third kappa shape index (κ3) is 2.74. The average Bonchev–Trinajstić information content (AvgIpc) is 2.89. The summed E-state index contributed by atoms with van der Waals surface area (Å²) in [6, 6.07) is 0. The highest BCUT2D eigenvalue weighted by Crippen LogP contribution is 2.00. The van der Waals surface area contributed by atoms with Gasteiger partial charge in [-0.15, -0.1) is 0 Å². The Kier molecular flexibility index (Phi) is 3.24. The molecule has 0 aliphatic carbocycles. The average molecular weight is 234 g/mol. The lowest BCUT2D eigenvalue weighted by Gasteiger charge is -2.03. The van der Waals surface area contributed by atoms with Crippen LogP contribution in [-0.2, 0) is 6.54 Å². The summed E-state index contributed by atoms with van der Waals surface area (Å²) in [6.07, 6.45) is 4.10. The summed E-state index contributed by atoms with van der Waals surface area (Å²) in [5.74, 6) is 0.577. The normalized spacial score (nSPS) is 9.94. The molecule has 88 valence electrons. The number of carbonyl (C=O) groups excluding carboxylic acids is 1. The fraction of sp³-hybridized carbons (Fsp3) is 0.222. The fourth-order valence-corrected chi connectivity index (χ4v) is 1.12. The summed E-state index contributed by atoms with van der Waals surface area (Å²) in [5.41, 5.74) is 0.223. The predicted molar refractivity (Wildman–Crippen MR) is 57.0 cm³/mol. The van der Waals surface area contributed by atoms with Gasteiger partial charge in [-0.05, 0) is 0 Å². The second kappa shape index (κ2) is 5.01. The lowest BCUT2D eigenvalue weighted by Crippen LogP contribution is -2.24. The number of nitrogens with one attached hydrogen (secondary N) is 2. The molecule has 0 saturated heterocycles. The molecule has 0 spiro atoms. The van der Waals surface area contributed by atoms with Crippen LogP contribution in [0.15, 0.2) is 23.3 Å². The van der Waals surface area contributed by atoms with Crippen LogP contribution in [0.3, 0.4) is 0 Å². The molecule has 2 rings (SSSR count). The van der Waals surface area contributed by atoms with Crippen LogP contribution >= 0.6 is 0 Å². The van der Waals surface area contributed by atoms with Gasteiger partial charge in [0.05, 0.1) is 18.9 Å². The molecular weight excluding hydrogens is 224 g/mol. The number of anilines is 1. The molecule has 1 amide bonds. The first-order chi connectivity index (χ1) is 8.29. The molecule has 2 N–H and O–H groups in total. The van der Waals surface area contributed by atoms with Crippen molar-refractivity contribution in [2.75, 3.05) is 12.4 Å². The molecule has 0 atom stereocenters. The van der Waals surface area contributed by atoms with Crippen molar-refractivity contribution in [2.45, 2.75) is 6.54 Å². The summed E-state index contributed by atoms with van der Waals surface area (Å²) in [4.78, 5) is 23.4. The molecule has 8 heteroatoms. The van der Waals surface area contributed by atoms with Gasteiger partial charge in [-0.2, -0.15) is 4.98 Å². The lowest BCUT2D eigenvalue weighted by molar-refractivity contribution is 0.0944. The molecule has 2 aromatic heterocycles. The predicted octanol–water partition coefficient (Wildman–Crippen LogP) is -0.169. The number of amides is 1. The molecule has 8 nitrogen and oxygen atoms in total. The summed E-state index contributed by atoms with van der Waals surface area (Å²) in [5, 5.41) is 8.96. The Morgan fingerprint density at radius 3 is 3.06 bits per heavy atom. The fourth-order valence-electron chi connectivity index (χ4n) is 1.12. The minimum Gasteiger partial charge on any atom is -0.372 e. The van der Waals surface area contributed by atoms with Gasteiger partial charge in [-0.25, -0.2) is 4.98 Å². The van der Waals surface area contributed by atoms with Gasteiger partial charge >= 0.3 is 0 Å². The summed E-state index contributed by atoms with van der Waals surface area (Å²) in [7, 11) is 1.70. The maximum atomic E-state index is 11.7. The quantitative estimate of drug-likeness (QED) is 0.756. The van der Waals surface area contributed by atoms with Gasteiger partial charge in [-0.3, -0.25) is 9.78 Å². The second-order valence-electron chi connectivity index (χ2n) is 3.07. The van der Waals surface area contributed by atoms with Gasteiger partial charge in [0, 0.05) is 7.05 Å². The Morgan fingerprint density at radius 2 is 2.35 bits per heavy atom. The van der Waals surface area contributed by atoms with Crippen LogP contribution in [0, 0.1) is 0 Å². The zero-order valence-electron chi connectivity index (χ0n) is 9.04. The molecule has 0 bridgehead atoms. The molecule has 0 fully saturated rings. The molecule has 0 aliphatic heterocycles. The Morgan fingerprint density at radius 1 is 1.47 bits per heavy atom. The Bertz CT molecular complexity index is 498. The van der Waals surface area contributed by atoms with Gasteiger partial charge < -0.3 is 15.2 Å². The number of nitrogens with zero attached hydrogens (tertiary/aromatic N) is 4. The van der Waals surface area contributed by atoms with E-state index in [-0.39, 0.29) is 18.1 Å². The van der Waals surface area contributed by atoms with Crippen LogP contribution in [-0.4, -0.2) is 33.1 Å². The minimum atomic E-state index is -0.348. The lowest BCUT2D eigenvalue weighted by atomic mass is 10.4. The van der Waals surface area contributed by atoms with Gasteiger partial charge in [0.1, 0.15) is 11.5 Å². The van der Waals surface area contributed by atoms with Gasteiger partial charge in [0.15, 0.2) is 5.82 Å². The van der Waals surface area contributed by atoms with Crippen molar-refractivity contribution in [1.29, 1.82) is 0 Å². The van der Waals surface area contributed by atoms with Crippen molar-refractivity contribution < 1.29 is 9.32 Å².